The maximum Gasteiger partial charge on any atom is 0.313 e. The number of rotatable bonds is 23. The zero-order chi connectivity index (χ0) is 34.0. The van der Waals surface area contributed by atoms with Gasteiger partial charge in [0, 0.05) is 88.7 Å². The smallest absolute Gasteiger partial charge is 0.313 e. The third-order valence-electron chi connectivity index (χ3n) is 7.86. The van der Waals surface area contributed by atoms with E-state index < -0.39 is 25.6 Å². The van der Waals surface area contributed by atoms with Gasteiger partial charge in [-0.15, -0.1) is 0 Å². The van der Waals surface area contributed by atoms with Gasteiger partial charge in [-0.05, 0) is 19.3 Å². The fraction of sp³-hybridized carbons (Fsp3) is 0.897. The molecule has 0 aromatic rings. The van der Waals surface area contributed by atoms with Crippen molar-refractivity contribution >= 4 is 43.5 Å². The van der Waals surface area contributed by atoms with E-state index in [0.29, 0.717) is 45.9 Å². The summed E-state index contributed by atoms with van der Waals surface area (Å²) in [6, 6.07) is 0. The van der Waals surface area contributed by atoms with Crippen molar-refractivity contribution in [2.45, 2.75) is 51.9 Å². The predicted molar refractivity (Wildman–Crippen MR) is 194 cm³/mol. The summed E-state index contributed by atoms with van der Waals surface area (Å²) in [6.45, 7) is 10.4. The SMILES string of the molecule is CCCCCCCOP(N=C1N(C)CCN1C)OCCCOP(N=C1N(C)CCN1C)OCCCOP(N=C1N(C)CCN1C)OC. The van der Waals surface area contributed by atoms with Crippen LogP contribution in [0.25, 0.3) is 0 Å². The van der Waals surface area contributed by atoms with Gasteiger partial charge < -0.3 is 56.5 Å². The van der Waals surface area contributed by atoms with Crippen molar-refractivity contribution < 1.29 is 27.1 Å². The van der Waals surface area contributed by atoms with Crippen molar-refractivity contribution in [1.29, 1.82) is 0 Å². The lowest BCUT2D eigenvalue weighted by atomic mass is 10.2. The molecule has 0 saturated carbocycles. The maximum absolute atomic E-state index is 6.19. The quantitative estimate of drug-likeness (QED) is 0.106. The minimum absolute atomic E-state index is 0.450. The van der Waals surface area contributed by atoms with Crippen molar-refractivity contribution in [3.63, 3.8) is 0 Å². The number of nitrogens with zero attached hydrogens (tertiary/aromatic N) is 9. The van der Waals surface area contributed by atoms with Gasteiger partial charge in [0.15, 0.2) is 0 Å². The van der Waals surface area contributed by atoms with Gasteiger partial charge in [-0.1, -0.05) is 32.6 Å². The van der Waals surface area contributed by atoms with Crippen LogP contribution in [0.4, 0.5) is 0 Å². The topological polar surface area (TPSA) is 112 Å². The van der Waals surface area contributed by atoms with E-state index >= 15 is 0 Å². The number of unbranched alkanes of at least 4 members (excludes halogenated alkanes) is 4. The van der Waals surface area contributed by atoms with Crippen LogP contribution in [0.2, 0.25) is 0 Å². The lowest BCUT2D eigenvalue weighted by Gasteiger charge is -2.20. The van der Waals surface area contributed by atoms with Gasteiger partial charge in [-0.3, -0.25) is 0 Å². The normalized spacial score (nSPS) is 19.0. The average molecular weight is 724 g/mol. The van der Waals surface area contributed by atoms with Crippen LogP contribution in [0.5, 0.6) is 0 Å². The second-order valence-electron chi connectivity index (χ2n) is 11.9. The molecule has 0 bridgehead atoms. The molecule has 47 heavy (non-hydrogen) atoms. The highest BCUT2D eigenvalue weighted by atomic mass is 31.2. The molecule has 3 rings (SSSR count). The molecule has 0 radical (unpaired) electrons. The van der Waals surface area contributed by atoms with E-state index in [1.165, 1.54) is 25.7 Å². The summed E-state index contributed by atoms with van der Waals surface area (Å²) < 4.78 is 50.5. The van der Waals surface area contributed by atoms with Crippen LogP contribution < -0.4 is 0 Å². The summed E-state index contributed by atoms with van der Waals surface area (Å²) in [6.07, 6.45) is 7.28. The lowest BCUT2D eigenvalue weighted by molar-refractivity contribution is 0.199. The Morgan fingerprint density at radius 2 is 0.745 bits per heavy atom. The van der Waals surface area contributed by atoms with Gasteiger partial charge in [0.2, 0.25) is 17.9 Å². The van der Waals surface area contributed by atoms with E-state index in [2.05, 4.69) is 55.2 Å². The van der Waals surface area contributed by atoms with Crippen molar-refractivity contribution in [2.75, 3.05) is 122 Å². The highest BCUT2D eigenvalue weighted by molar-refractivity contribution is 7.46. The van der Waals surface area contributed by atoms with Crippen LogP contribution >= 0.6 is 25.6 Å². The van der Waals surface area contributed by atoms with E-state index in [9.17, 15) is 0 Å². The van der Waals surface area contributed by atoms with E-state index in [1.807, 2.05) is 28.2 Å². The molecule has 0 aromatic heterocycles. The number of guanidine groups is 3. The van der Waals surface area contributed by atoms with Gasteiger partial charge in [0.1, 0.15) is 0 Å². The first-order valence-corrected chi connectivity index (χ1v) is 20.2. The summed E-state index contributed by atoms with van der Waals surface area (Å²) in [5.41, 5.74) is 0. The standard InChI is InChI=1S/C29H60N9O6P3/c1-9-10-11-12-13-22-41-46(31-28-35(4)18-19-36(28)5)42-25-15-26-44-47(32-29-37(6)20-21-38(29)7)43-24-14-23-40-45(39-8)30-27-33(2)16-17-34(27)3/h9-26H2,1-8H3. The molecule has 0 aliphatic carbocycles. The molecule has 3 atom stereocenters. The third kappa shape index (κ3) is 14.3. The Balaban J connectivity index is 1.46. The molecule has 3 unspecified atom stereocenters. The second-order valence-corrected chi connectivity index (χ2v) is 15.6. The van der Waals surface area contributed by atoms with E-state index in [0.717, 1.165) is 63.6 Å². The first-order chi connectivity index (χ1) is 22.7. The molecule has 3 aliphatic rings. The molecule has 272 valence electrons. The molecule has 0 spiro atoms. The average Bonchev–Trinajstić information content (AvgIpc) is 3.67. The number of likely N-dealkylation sites (N-methyl/N-ethyl adjacent to an activating group) is 6. The molecular formula is C29H60N9O6P3. The van der Waals surface area contributed by atoms with Crippen LogP contribution in [-0.2, 0) is 27.1 Å². The molecule has 0 N–H and O–H groups in total. The van der Waals surface area contributed by atoms with Crippen LogP contribution in [0, 0.1) is 0 Å². The summed E-state index contributed by atoms with van der Waals surface area (Å²) in [5.74, 6) is 2.69. The Morgan fingerprint density at radius 1 is 0.447 bits per heavy atom. The van der Waals surface area contributed by atoms with Crippen molar-refractivity contribution in [1.82, 2.24) is 29.4 Å². The maximum atomic E-state index is 6.19. The van der Waals surface area contributed by atoms with Crippen molar-refractivity contribution in [2.24, 2.45) is 14.3 Å². The molecule has 3 fully saturated rings. The molecule has 3 aliphatic heterocycles. The third-order valence-corrected chi connectivity index (χ3v) is 11.2. The summed E-state index contributed by atoms with van der Waals surface area (Å²) >= 11 is 0. The summed E-state index contributed by atoms with van der Waals surface area (Å²) in [4.78, 5) is 12.8. The van der Waals surface area contributed by atoms with Crippen molar-refractivity contribution in [3.05, 3.63) is 0 Å². The van der Waals surface area contributed by atoms with Crippen LogP contribution in [0.1, 0.15) is 51.9 Å². The summed E-state index contributed by atoms with van der Waals surface area (Å²) in [7, 11) is 9.63. The summed E-state index contributed by atoms with van der Waals surface area (Å²) in [5, 5.41) is 0. The van der Waals surface area contributed by atoms with Gasteiger partial charge in [-0.2, -0.15) is 14.3 Å². The minimum Gasteiger partial charge on any atom is -0.344 e. The van der Waals surface area contributed by atoms with Gasteiger partial charge in [0.25, 0.3) is 0 Å². The fourth-order valence-corrected chi connectivity index (χ4v) is 8.31. The Hall–Kier alpha value is -1.14. The molecule has 18 heteroatoms. The second kappa shape index (κ2) is 22.6. The zero-order valence-corrected chi connectivity index (χ0v) is 32.7. The fourth-order valence-electron chi connectivity index (χ4n) is 4.90. The Morgan fingerprint density at radius 3 is 1.09 bits per heavy atom. The molecule has 3 saturated heterocycles. The Bertz CT molecular complexity index is 952. The van der Waals surface area contributed by atoms with E-state index in [1.54, 1.807) is 7.11 Å². The monoisotopic (exact) mass is 723 g/mol. The highest BCUT2D eigenvalue weighted by Crippen LogP contribution is 2.44. The zero-order valence-electron chi connectivity index (χ0n) is 30.0. The van der Waals surface area contributed by atoms with Crippen molar-refractivity contribution in [3.8, 4) is 0 Å². The van der Waals surface area contributed by atoms with Crippen LogP contribution in [-0.4, -0.2) is 169 Å². The number of hydrogen-bond donors (Lipinski definition) is 0. The molecular weight excluding hydrogens is 663 g/mol. The molecule has 0 aromatic carbocycles. The molecule has 0 amide bonds. The van der Waals surface area contributed by atoms with Gasteiger partial charge in [0.05, 0.1) is 33.0 Å². The van der Waals surface area contributed by atoms with Gasteiger partial charge in [-0.25, -0.2) is 0 Å². The van der Waals surface area contributed by atoms with Crippen LogP contribution in [0.15, 0.2) is 14.3 Å². The number of hydrogen-bond acceptors (Lipinski definition) is 9. The molecule has 15 nitrogen and oxygen atoms in total. The molecule has 3 heterocycles. The first-order valence-electron chi connectivity index (χ1n) is 16.8. The Labute approximate surface area is 287 Å². The highest BCUT2D eigenvalue weighted by Gasteiger charge is 2.25. The van der Waals surface area contributed by atoms with E-state index in [-0.39, 0.29) is 0 Å². The van der Waals surface area contributed by atoms with E-state index in [4.69, 9.17) is 36.7 Å². The minimum atomic E-state index is -1.50. The lowest BCUT2D eigenvalue weighted by Crippen LogP contribution is -2.28. The Kier molecular flexibility index (Phi) is 19.3. The predicted octanol–water partition coefficient (Wildman–Crippen LogP) is 4.85. The van der Waals surface area contributed by atoms with Crippen LogP contribution in [0.3, 0.4) is 0 Å². The van der Waals surface area contributed by atoms with Gasteiger partial charge >= 0.3 is 25.6 Å². The largest absolute Gasteiger partial charge is 0.344 e. The first kappa shape index (κ1) is 40.3.